The van der Waals surface area contributed by atoms with Gasteiger partial charge in [-0.2, -0.15) is 26.3 Å². The zero-order valence-electron chi connectivity index (χ0n) is 21.2. The largest absolute Gasteiger partial charge is 0.489 e. The molecule has 7 nitrogen and oxygen atoms in total. The topological polar surface area (TPSA) is 84.9 Å². The number of likely N-dealkylation sites (tertiary alicyclic amines) is 1. The van der Waals surface area contributed by atoms with Crippen LogP contribution in [0.5, 0.6) is 11.5 Å². The van der Waals surface area contributed by atoms with Gasteiger partial charge < -0.3 is 9.47 Å². The highest BCUT2D eigenvalue weighted by atomic mass is 35.5. The van der Waals surface area contributed by atoms with E-state index in [4.69, 9.17) is 9.47 Å². The van der Waals surface area contributed by atoms with Gasteiger partial charge in [-0.25, -0.2) is 12.8 Å². The number of fused-ring (bicyclic) bond motifs is 1. The predicted molar refractivity (Wildman–Crippen MR) is 135 cm³/mol. The number of ether oxygens (including phenoxy) is 2. The maximum atomic E-state index is 14.9. The Morgan fingerprint density at radius 1 is 1.12 bits per heavy atom. The Hall–Kier alpha value is -3.04. The first kappa shape index (κ1) is 32.5. The van der Waals surface area contributed by atoms with E-state index in [2.05, 4.69) is 0 Å². The van der Waals surface area contributed by atoms with Crippen LogP contribution in [0.1, 0.15) is 28.7 Å². The lowest BCUT2D eigenvalue weighted by molar-refractivity contribution is -0.143. The molecule has 0 spiro atoms. The Labute approximate surface area is 236 Å². The van der Waals surface area contributed by atoms with Crippen molar-refractivity contribution in [1.29, 1.82) is 0 Å². The molecule has 2 aliphatic rings. The number of amides is 1. The molecule has 16 heteroatoms. The van der Waals surface area contributed by atoms with E-state index in [-0.39, 0.29) is 42.1 Å². The molecule has 1 N–H and O–H groups in total. The van der Waals surface area contributed by atoms with E-state index in [9.17, 15) is 43.9 Å². The summed E-state index contributed by atoms with van der Waals surface area (Å²) >= 11 is 0. The third-order valence-electron chi connectivity index (χ3n) is 6.32. The Morgan fingerprint density at radius 3 is 2.46 bits per heavy atom. The molecule has 0 saturated carbocycles. The summed E-state index contributed by atoms with van der Waals surface area (Å²) in [6.45, 7) is 0.406. The van der Waals surface area contributed by atoms with Crippen LogP contribution in [0.4, 0.5) is 30.7 Å². The third kappa shape index (κ3) is 8.26. The van der Waals surface area contributed by atoms with Crippen molar-refractivity contribution in [1.82, 2.24) is 9.62 Å². The van der Waals surface area contributed by atoms with E-state index in [1.54, 1.807) is 6.08 Å². The van der Waals surface area contributed by atoms with Crippen LogP contribution >= 0.6 is 12.4 Å². The van der Waals surface area contributed by atoms with Gasteiger partial charge in [0.1, 0.15) is 30.5 Å². The van der Waals surface area contributed by atoms with Crippen LogP contribution < -0.4 is 14.2 Å². The van der Waals surface area contributed by atoms with Gasteiger partial charge in [0.25, 0.3) is 0 Å². The zero-order chi connectivity index (χ0) is 29.5. The van der Waals surface area contributed by atoms with Crippen LogP contribution in [0.15, 0.2) is 35.9 Å². The minimum absolute atomic E-state index is 0. The first-order chi connectivity index (χ1) is 18.5. The average molecular weight is 633 g/mol. The summed E-state index contributed by atoms with van der Waals surface area (Å²) in [5, 5.41) is 0. The molecule has 0 radical (unpaired) electrons. The van der Waals surface area contributed by atoms with E-state index in [1.165, 1.54) is 6.07 Å². The fraction of sp³-hybridized carbons (Fsp3) is 0.400. The fourth-order valence-corrected chi connectivity index (χ4v) is 5.00. The van der Waals surface area contributed by atoms with Crippen molar-refractivity contribution in [2.45, 2.75) is 25.4 Å². The van der Waals surface area contributed by atoms with Gasteiger partial charge in [0.15, 0.2) is 0 Å². The molecule has 0 aromatic heterocycles. The maximum absolute atomic E-state index is 14.9. The van der Waals surface area contributed by atoms with Crippen LogP contribution in [0.3, 0.4) is 0 Å². The number of sulfonamides is 1. The van der Waals surface area contributed by atoms with Crippen molar-refractivity contribution in [2.24, 2.45) is 5.92 Å². The van der Waals surface area contributed by atoms with Gasteiger partial charge in [-0.05, 0) is 36.7 Å². The maximum Gasteiger partial charge on any atom is 0.416 e. The number of carbonyl (C=O) groups is 1. The Balaban J connectivity index is 0.00000462. The summed E-state index contributed by atoms with van der Waals surface area (Å²) in [5.74, 6) is -2.03. The van der Waals surface area contributed by atoms with E-state index >= 15 is 0 Å². The van der Waals surface area contributed by atoms with E-state index in [0.29, 0.717) is 43.8 Å². The van der Waals surface area contributed by atoms with Gasteiger partial charge in [-0.1, -0.05) is 6.07 Å². The van der Waals surface area contributed by atoms with Gasteiger partial charge in [-0.15, -0.1) is 12.4 Å². The molecule has 0 bridgehead atoms. The highest BCUT2D eigenvalue weighted by molar-refractivity contribution is 7.89. The molecular weight excluding hydrogens is 609 g/mol. The summed E-state index contributed by atoms with van der Waals surface area (Å²) in [7, 11) is -3.68. The summed E-state index contributed by atoms with van der Waals surface area (Å²) in [5.41, 5.74) is -2.78. The molecular formula is C25H24ClF7N2O5S. The van der Waals surface area contributed by atoms with Gasteiger partial charge in [0.05, 0.1) is 28.9 Å². The van der Waals surface area contributed by atoms with Gasteiger partial charge >= 0.3 is 12.4 Å². The van der Waals surface area contributed by atoms with Crippen LogP contribution in [-0.2, 0) is 33.8 Å². The minimum atomic E-state index is -5.07. The number of carbonyl (C=O) groups excluding carboxylic acids is 1. The Kier molecular flexibility index (Phi) is 9.55. The molecule has 4 rings (SSSR count). The number of benzene rings is 2. The van der Waals surface area contributed by atoms with Gasteiger partial charge in [-0.3, -0.25) is 14.4 Å². The number of rotatable bonds is 7. The van der Waals surface area contributed by atoms with Crippen LogP contribution in [0.25, 0.3) is 6.08 Å². The zero-order valence-corrected chi connectivity index (χ0v) is 22.9. The number of hydrogen-bond donors (Lipinski definition) is 1. The molecule has 2 aromatic rings. The third-order valence-corrected chi connectivity index (χ3v) is 6.89. The molecule has 1 amide bonds. The lowest BCUT2D eigenvalue weighted by atomic mass is 10.0. The lowest BCUT2D eigenvalue weighted by Gasteiger charge is -2.23. The van der Waals surface area contributed by atoms with Crippen molar-refractivity contribution in [3.63, 3.8) is 0 Å². The van der Waals surface area contributed by atoms with Gasteiger partial charge in [0, 0.05) is 30.8 Å². The summed E-state index contributed by atoms with van der Waals surface area (Å²) in [6.07, 6.45) is -7.17. The summed E-state index contributed by atoms with van der Waals surface area (Å²) in [4.78, 5) is 14.0. The highest BCUT2D eigenvalue weighted by Gasteiger charge is 2.38. The SMILES string of the molecule is CS(=O)(=O)NC(=O)C1CCN(CC2=Cc3c(F)cc(OCc4ccc(C(F)(F)F)cc4C(F)(F)F)cc3OC2)C1.Cl. The van der Waals surface area contributed by atoms with Crippen LogP contribution in [0.2, 0.25) is 0 Å². The number of nitrogens with zero attached hydrogens (tertiary/aromatic N) is 1. The molecule has 2 aliphatic heterocycles. The molecule has 1 atom stereocenters. The Bertz CT molecular complexity index is 1450. The van der Waals surface area contributed by atoms with Gasteiger partial charge in [0.2, 0.25) is 15.9 Å². The number of hydrogen-bond acceptors (Lipinski definition) is 6. The molecule has 1 saturated heterocycles. The van der Waals surface area contributed by atoms with E-state index in [0.717, 1.165) is 12.3 Å². The first-order valence-electron chi connectivity index (χ1n) is 11.8. The van der Waals surface area contributed by atoms with Crippen molar-refractivity contribution in [2.75, 3.05) is 32.5 Å². The molecule has 2 aromatic carbocycles. The summed E-state index contributed by atoms with van der Waals surface area (Å²) < 4.78 is 129. The lowest BCUT2D eigenvalue weighted by Crippen LogP contribution is -2.36. The average Bonchev–Trinajstić information content (AvgIpc) is 3.29. The van der Waals surface area contributed by atoms with E-state index < -0.39 is 63.3 Å². The molecule has 226 valence electrons. The second-order valence-electron chi connectivity index (χ2n) is 9.52. The minimum Gasteiger partial charge on any atom is -0.489 e. The number of nitrogens with one attached hydrogen (secondary N) is 1. The number of alkyl halides is 6. The predicted octanol–water partition coefficient (Wildman–Crippen LogP) is 5.04. The second kappa shape index (κ2) is 12.1. The molecule has 1 unspecified atom stereocenters. The normalized spacial score (nSPS) is 17.7. The summed E-state index contributed by atoms with van der Waals surface area (Å²) in [6, 6.07) is 3.38. The molecule has 0 aliphatic carbocycles. The van der Waals surface area contributed by atoms with Crippen molar-refractivity contribution < 1.29 is 53.4 Å². The molecule has 1 fully saturated rings. The molecule has 2 heterocycles. The second-order valence-corrected chi connectivity index (χ2v) is 11.3. The van der Waals surface area contributed by atoms with Crippen molar-refractivity contribution in [3.05, 3.63) is 64.0 Å². The van der Waals surface area contributed by atoms with Crippen molar-refractivity contribution >= 4 is 34.4 Å². The van der Waals surface area contributed by atoms with E-state index in [1.807, 2.05) is 9.62 Å². The monoisotopic (exact) mass is 632 g/mol. The smallest absolute Gasteiger partial charge is 0.416 e. The standard InChI is InChI=1S/C25H23F7N2O5S.ClH/c1-40(36,37)33-23(35)15-4-5-34(11-15)10-14-6-19-21(26)8-18(9-22(19)39-12-14)38-13-16-2-3-17(24(27,28)29)7-20(16)25(30,31)32;/h2-3,6-9,15H,4-5,10-13H2,1H3,(H,33,35);1H. The van der Waals surface area contributed by atoms with Crippen molar-refractivity contribution in [3.8, 4) is 11.5 Å². The first-order valence-corrected chi connectivity index (χ1v) is 13.7. The van der Waals surface area contributed by atoms with Crippen LogP contribution in [-0.4, -0.2) is 51.7 Å². The highest BCUT2D eigenvalue weighted by Crippen LogP contribution is 2.38. The molecule has 41 heavy (non-hydrogen) atoms. The number of halogens is 8. The fourth-order valence-electron chi connectivity index (χ4n) is 4.47. The Morgan fingerprint density at radius 2 is 1.83 bits per heavy atom. The van der Waals surface area contributed by atoms with Crippen LogP contribution in [0, 0.1) is 11.7 Å². The quantitative estimate of drug-likeness (QED) is 0.431.